The number of rotatable bonds is 4. The standard InChI is InChI=1S/C9H9NO5S/c1-3-6(2)10-16(13,14)8-5-4-7(15-8)9(11)12/h1,4-6,10H,2H3,(H,11,12). The Labute approximate surface area is 92.3 Å². The Balaban J connectivity index is 3.00. The Morgan fingerprint density at radius 2 is 2.25 bits per heavy atom. The molecule has 0 radical (unpaired) electrons. The number of aromatic carboxylic acids is 1. The summed E-state index contributed by atoms with van der Waals surface area (Å²) < 4.78 is 29.8. The van der Waals surface area contributed by atoms with Gasteiger partial charge in [0.25, 0.3) is 10.0 Å². The van der Waals surface area contributed by atoms with Crippen LogP contribution in [0.2, 0.25) is 0 Å². The summed E-state index contributed by atoms with van der Waals surface area (Å²) in [5.41, 5.74) is 0. The Morgan fingerprint density at radius 1 is 1.62 bits per heavy atom. The van der Waals surface area contributed by atoms with Crippen molar-refractivity contribution in [2.45, 2.75) is 18.1 Å². The monoisotopic (exact) mass is 243 g/mol. The van der Waals surface area contributed by atoms with E-state index in [0.717, 1.165) is 12.1 Å². The minimum absolute atomic E-state index is 0.450. The van der Waals surface area contributed by atoms with E-state index in [9.17, 15) is 13.2 Å². The molecule has 16 heavy (non-hydrogen) atoms. The van der Waals surface area contributed by atoms with Gasteiger partial charge in [0.1, 0.15) is 0 Å². The first-order chi connectivity index (χ1) is 7.36. The summed E-state index contributed by atoms with van der Waals surface area (Å²) in [6, 6.07) is 1.40. The molecule has 0 aliphatic heterocycles. The highest BCUT2D eigenvalue weighted by Gasteiger charge is 2.22. The molecule has 0 saturated carbocycles. The van der Waals surface area contributed by atoms with Crippen molar-refractivity contribution in [1.29, 1.82) is 0 Å². The average molecular weight is 243 g/mol. The highest BCUT2D eigenvalue weighted by molar-refractivity contribution is 7.89. The molecule has 0 bridgehead atoms. The van der Waals surface area contributed by atoms with Crippen LogP contribution in [-0.4, -0.2) is 25.5 Å². The Kier molecular flexibility index (Phi) is 3.37. The summed E-state index contributed by atoms with van der Waals surface area (Å²) in [7, 11) is -3.91. The average Bonchev–Trinajstić information content (AvgIpc) is 2.66. The van der Waals surface area contributed by atoms with Crippen LogP contribution in [0.5, 0.6) is 0 Å². The van der Waals surface area contributed by atoms with E-state index in [-0.39, 0.29) is 0 Å². The lowest BCUT2D eigenvalue weighted by Crippen LogP contribution is -2.31. The minimum atomic E-state index is -3.91. The molecule has 1 aromatic heterocycles. The Hall–Kier alpha value is -1.78. The van der Waals surface area contributed by atoms with Crippen molar-refractivity contribution in [3.8, 4) is 12.3 Å². The van der Waals surface area contributed by atoms with E-state index in [4.69, 9.17) is 11.5 Å². The number of carboxylic acid groups (broad SMARTS) is 1. The first-order valence-electron chi connectivity index (χ1n) is 4.18. The van der Waals surface area contributed by atoms with Gasteiger partial charge in [0, 0.05) is 0 Å². The molecule has 1 heterocycles. The lowest BCUT2D eigenvalue weighted by atomic mass is 10.4. The smallest absolute Gasteiger partial charge is 0.371 e. The zero-order valence-corrected chi connectivity index (χ0v) is 9.11. The molecule has 1 aromatic rings. The normalized spacial score (nSPS) is 13.0. The van der Waals surface area contributed by atoms with E-state index in [1.807, 2.05) is 0 Å². The quantitative estimate of drug-likeness (QED) is 0.740. The summed E-state index contributed by atoms with van der Waals surface area (Å²) >= 11 is 0. The SMILES string of the molecule is C#CC(C)NS(=O)(=O)c1ccc(C(=O)O)o1. The predicted molar refractivity (Wildman–Crippen MR) is 54.3 cm³/mol. The molecule has 0 aliphatic rings. The van der Waals surface area contributed by atoms with Crippen molar-refractivity contribution in [3.63, 3.8) is 0 Å². The van der Waals surface area contributed by atoms with Crippen LogP contribution in [0.15, 0.2) is 21.6 Å². The maximum Gasteiger partial charge on any atom is 0.371 e. The maximum absolute atomic E-state index is 11.5. The van der Waals surface area contributed by atoms with E-state index in [1.54, 1.807) is 0 Å². The molecule has 1 rings (SSSR count). The second-order valence-electron chi connectivity index (χ2n) is 2.93. The minimum Gasteiger partial charge on any atom is -0.475 e. The second kappa shape index (κ2) is 4.38. The highest BCUT2D eigenvalue weighted by atomic mass is 32.2. The van der Waals surface area contributed by atoms with Crippen molar-refractivity contribution >= 4 is 16.0 Å². The first-order valence-corrected chi connectivity index (χ1v) is 5.66. The van der Waals surface area contributed by atoms with Crippen LogP contribution in [0.25, 0.3) is 0 Å². The van der Waals surface area contributed by atoms with Gasteiger partial charge in [0.2, 0.25) is 10.9 Å². The zero-order chi connectivity index (χ0) is 12.3. The third-order valence-electron chi connectivity index (χ3n) is 1.64. The lowest BCUT2D eigenvalue weighted by molar-refractivity contribution is 0.0656. The molecule has 1 unspecified atom stereocenters. The fourth-order valence-corrected chi connectivity index (χ4v) is 2.00. The first kappa shape index (κ1) is 12.3. The molecule has 0 aliphatic carbocycles. The molecule has 0 spiro atoms. The second-order valence-corrected chi connectivity index (χ2v) is 4.58. The summed E-state index contributed by atoms with van der Waals surface area (Å²) in [5, 5.41) is 8.07. The molecular weight excluding hydrogens is 234 g/mol. The molecule has 0 fully saturated rings. The van der Waals surface area contributed by atoms with Gasteiger partial charge in [-0.3, -0.25) is 0 Å². The number of nitrogens with one attached hydrogen (secondary N) is 1. The maximum atomic E-state index is 11.5. The van der Waals surface area contributed by atoms with Crippen molar-refractivity contribution in [1.82, 2.24) is 4.72 Å². The van der Waals surface area contributed by atoms with Gasteiger partial charge in [-0.15, -0.1) is 6.42 Å². The third kappa shape index (κ3) is 2.62. The molecule has 0 aromatic carbocycles. The lowest BCUT2D eigenvalue weighted by Gasteiger charge is -2.05. The van der Waals surface area contributed by atoms with E-state index in [1.165, 1.54) is 6.92 Å². The van der Waals surface area contributed by atoms with Crippen molar-refractivity contribution in [2.75, 3.05) is 0 Å². The van der Waals surface area contributed by atoms with Gasteiger partial charge in [-0.25, -0.2) is 13.2 Å². The van der Waals surface area contributed by atoms with Gasteiger partial charge in [-0.2, -0.15) is 4.72 Å². The van der Waals surface area contributed by atoms with Gasteiger partial charge < -0.3 is 9.52 Å². The van der Waals surface area contributed by atoms with Crippen LogP contribution in [0.3, 0.4) is 0 Å². The summed E-state index contributed by atoms with van der Waals surface area (Å²) in [4.78, 5) is 10.5. The number of furan rings is 1. The van der Waals surface area contributed by atoms with Gasteiger partial charge in [0.15, 0.2) is 0 Å². The predicted octanol–water partition coefficient (Wildman–Crippen LogP) is 0.278. The summed E-state index contributed by atoms with van der Waals surface area (Å²) in [6.07, 6.45) is 5.01. The molecule has 6 nitrogen and oxygen atoms in total. The van der Waals surface area contributed by atoms with Gasteiger partial charge in [-0.05, 0) is 19.1 Å². The van der Waals surface area contributed by atoms with E-state index in [2.05, 4.69) is 15.1 Å². The fraction of sp³-hybridized carbons (Fsp3) is 0.222. The number of terminal acetylenes is 1. The molecule has 0 saturated heterocycles. The van der Waals surface area contributed by atoms with Crippen LogP contribution < -0.4 is 4.72 Å². The van der Waals surface area contributed by atoms with Gasteiger partial charge in [-0.1, -0.05) is 5.92 Å². The fourth-order valence-electron chi connectivity index (χ4n) is 0.904. The third-order valence-corrected chi connectivity index (χ3v) is 3.05. The Morgan fingerprint density at radius 3 is 2.69 bits per heavy atom. The van der Waals surface area contributed by atoms with E-state index >= 15 is 0 Å². The molecular formula is C9H9NO5S. The number of sulfonamides is 1. The van der Waals surface area contributed by atoms with Crippen LogP contribution in [0, 0.1) is 12.3 Å². The largest absolute Gasteiger partial charge is 0.475 e. The number of carboxylic acids is 1. The van der Waals surface area contributed by atoms with Crippen LogP contribution >= 0.6 is 0 Å². The van der Waals surface area contributed by atoms with E-state index < -0.39 is 32.9 Å². The van der Waals surface area contributed by atoms with Gasteiger partial charge in [0.05, 0.1) is 6.04 Å². The van der Waals surface area contributed by atoms with Crippen LogP contribution in [-0.2, 0) is 10.0 Å². The number of hydrogen-bond acceptors (Lipinski definition) is 4. The molecule has 1 atom stereocenters. The zero-order valence-electron chi connectivity index (χ0n) is 8.30. The van der Waals surface area contributed by atoms with Gasteiger partial charge >= 0.3 is 5.97 Å². The summed E-state index contributed by atoms with van der Waals surface area (Å²) in [5.74, 6) is 0.381. The van der Waals surface area contributed by atoms with Crippen molar-refractivity contribution < 1.29 is 22.7 Å². The van der Waals surface area contributed by atoms with Crippen molar-refractivity contribution in [3.05, 3.63) is 17.9 Å². The number of hydrogen-bond donors (Lipinski definition) is 2. The Bertz CT molecular complexity index is 536. The topological polar surface area (TPSA) is 96.6 Å². The highest BCUT2D eigenvalue weighted by Crippen LogP contribution is 2.13. The summed E-state index contributed by atoms with van der Waals surface area (Å²) in [6.45, 7) is 1.47. The van der Waals surface area contributed by atoms with Crippen LogP contribution in [0.1, 0.15) is 17.5 Å². The van der Waals surface area contributed by atoms with Crippen molar-refractivity contribution in [2.24, 2.45) is 0 Å². The number of carbonyl (C=O) groups is 1. The molecule has 2 N–H and O–H groups in total. The molecule has 7 heteroatoms. The van der Waals surface area contributed by atoms with E-state index in [0.29, 0.717) is 0 Å². The van der Waals surface area contributed by atoms with Crippen LogP contribution in [0.4, 0.5) is 0 Å². The molecule has 86 valence electrons. The molecule has 0 amide bonds.